The van der Waals surface area contributed by atoms with Crippen LogP contribution in [0, 0.1) is 0 Å². The maximum absolute atomic E-state index is 12.0. The molecule has 23 heavy (non-hydrogen) atoms. The molecule has 0 atom stereocenters. The molecule has 2 aromatic rings. The van der Waals surface area contributed by atoms with E-state index < -0.39 is 0 Å². The standard InChI is InChI=1S/C19H24N2O2/c1-2-16-8-3-4-10-18(16)21-14-15-7-5-9-17(13-15)19(23)20-11-6-12-22/h3-5,7-10,13,21-22H,2,6,11-12,14H2,1H3,(H,20,23). The van der Waals surface area contributed by atoms with Gasteiger partial charge in [0.15, 0.2) is 0 Å². The van der Waals surface area contributed by atoms with Crippen LogP contribution in [0.15, 0.2) is 48.5 Å². The van der Waals surface area contributed by atoms with Crippen LogP contribution in [-0.4, -0.2) is 24.2 Å². The van der Waals surface area contributed by atoms with Gasteiger partial charge < -0.3 is 15.7 Å². The highest BCUT2D eigenvalue weighted by atomic mass is 16.3. The summed E-state index contributed by atoms with van der Waals surface area (Å²) in [6.07, 6.45) is 1.55. The van der Waals surface area contributed by atoms with Crippen molar-refractivity contribution in [3.63, 3.8) is 0 Å². The molecule has 2 aromatic carbocycles. The van der Waals surface area contributed by atoms with E-state index in [1.54, 1.807) is 6.07 Å². The van der Waals surface area contributed by atoms with Crippen LogP contribution >= 0.6 is 0 Å². The molecule has 0 aromatic heterocycles. The van der Waals surface area contributed by atoms with Gasteiger partial charge in [0, 0.05) is 30.9 Å². The zero-order chi connectivity index (χ0) is 16.5. The number of nitrogens with one attached hydrogen (secondary N) is 2. The Bertz CT molecular complexity index is 641. The zero-order valence-corrected chi connectivity index (χ0v) is 13.5. The minimum Gasteiger partial charge on any atom is -0.396 e. The van der Waals surface area contributed by atoms with Gasteiger partial charge in [-0.05, 0) is 42.2 Å². The minimum atomic E-state index is -0.103. The van der Waals surface area contributed by atoms with Gasteiger partial charge in [-0.2, -0.15) is 0 Å². The topological polar surface area (TPSA) is 61.4 Å². The lowest BCUT2D eigenvalue weighted by molar-refractivity contribution is 0.0951. The van der Waals surface area contributed by atoms with Gasteiger partial charge in [-0.1, -0.05) is 37.3 Å². The van der Waals surface area contributed by atoms with Crippen LogP contribution < -0.4 is 10.6 Å². The third kappa shape index (κ3) is 5.11. The Balaban J connectivity index is 1.98. The molecule has 0 aliphatic carbocycles. The Morgan fingerprint density at radius 2 is 1.96 bits per heavy atom. The van der Waals surface area contributed by atoms with Crippen molar-refractivity contribution in [2.24, 2.45) is 0 Å². The molecule has 0 saturated heterocycles. The summed E-state index contributed by atoms with van der Waals surface area (Å²) in [4.78, 5) is 12.0. The van der Waals surface area contributed by atoms with Crippen LogP contribution in [0.3, 0.4) is 0 Å². The highest BCUT2D eigenvalue weighted by molar-refractivity contribution is 5.94. The number of carbonyl (C=O) groups excluding carboxylic acids is 1. The molecule has 122 valence electrons. The van der Waals surface area contributed by atoms with E-state index in [1.165, 1.54) is 5.56 Å². The fourth-order valence-corrected chi connectivity index (χ4v) is 2.40. The van der Waals surface area contributed by atoms with Crippen molar-refractivity contribution in [2.45, 2.75) is 26.3 Å². The molecule has 0 bridgehead atoms. The predicted octanol–water partition coefficient (Wildman–Crippen LogP) is 2.97. The number of para-hydroxylation sites is 1. The number of benzene rings is 2. The average molecular weight is 312 g/mol. The number of carbonyl (C=O) groups is 1. The zero-order valence-electron chi connectivity index (χ0n) is 13.5. The third-order valence-electron chi connectivity index (χ3n) is 3.69. The minimum absolute atomic E-state index is 0.0844. The first kappa shape index (κ1) is 17.0. The largest absolute Gasteiger partial charge is 0.396 e. The monoisotopic (exact) mass is 312 g/mol. The number of aliphatic hydroxyl groups excluding tert-OH is 1. The molecule has 0 radical (unpaired) electrons. The van der Waals surface area contributed by atoms with Gasteiger partial charge in [0.1, 0.15) is 0 Å². The molecule has 0 saturated carbocycles. The van der Waals surface area contributed by atoms with Crippen molar-refractivity contribution in [1.29, 1.82) is 0 Å². The van der Waals surface area contributed by atoms with E-state index in [0.29, 0.717) is 25.1 Å². The van der Waals surface area contributed by atoms with Gasteiger partial charge in [0.2, 0.25) is 0 Å². The number of rotatable bonds is 8. The Kier molecular flexibility index (Phi) is 6.63. The molecule has 4 heteroatoms. The van der Waals surface area contributed by atoms with Gasteiger partial charge in [-0.3, -0.25) is 4.79 Å². The predicted molar refractivity (Wildman–Crippen MR) is 93.6 cm³/mol. The number of anilines is 1. The molecular formula is C19H24N2O2. The number of amides is 1. The number of aryl methyl sites for hydroxylation is 1. The van der Waals surface area contributed by atoms with Crippen molar-refractivity contribution < 1.29 is 9.90 Å². The van der Waals surface area contributed by atoms with Crippen LogP contribution in [-0.2, 0) is 13.0 Å². The SMILES string of the molecule is CCc1ccccc1NCc1cccc(C(=O)NCCCO)c1. The van der Waals surface area contributed by atoms with Gasteiger partial charge in [-0.25, -0.2) is 0 Å². The number of aliphatic hydroxyl groups is 1. The summed E-state index contributed by atoms with van der Waals surface area (Å²) in [7, 11) is 0. The van der Waals surface area contributed by atoms with E-state index in [1.807, 2.05) is 30.3 Å². The molecule has 0 fully saturated rings. The first-order valence-electron chi connectivity index (χ1n) is 8.04. The summed E-state index contributed by atoms with van der Waals surface area (Å²) < 4.78 is 0. The van der Waals surface area contributed by atoms with E-state index in [9.17, 15) is 4.79 Å². The number of hydrogen-bond acceptors (Lipinski definition) is 3. The van der Waals surface area contributed by atoms with E-state index in [-0.39, 0.29) is 12.5 Å². The fourth-order valence-electron chi connectivity index (χ4n) is 2.40. The van der Waals surface area contributed by atoms with Crippen molar-refractivity contribution in [2.75, 3.05) is 18.5 Å². The lowest BCUT2D eigenvalue weighted by atomic mass is 10.1. The van der Waals surface area contributed by atoms with Crippen LogP contribution in [0.4, 0.5) is 5.69 Å². The van der Waals surface area contributed by atoms with E-state index >= 15 is 0 Å². The molecule has 0 heterocycles. The lowest BCUT2D eigenvalue weighted by Crippen LogP contribution is -2.25. The molecule has 2 rings (SSSR count). The van der Waals surface area contributed by atoms with Crippen molar-refractivity contribution in [1.82, 2.24) is 5.32 Å². The van der Waals surface area contributed by atoms with Gasteiger partial charge in [-0.15, -0.1) is 0 Å². The second kappa shape index (κ2) is 8.96. The second-order valence-corrected chi connectivity index (χ2v) is 5.40. The average Bonchev–Trinajstić information content (AvgIpc) is 2.60. The molecular weight excluding hydrogens is 288 g/mol. The first-order chi connectivity index (χ1) is 11.2. The maximum Gasteiger partial charge on any atom is 0.251 e. The van der Waals surface area contributed by atoms with Crippen LogP contribution in [0.25, 0.3) is 0 Å². The molecule has 4 nitrogen and oxygen atoms in total. The Labute approximate surface area is 137 Å². The summed E-state index contributed by atoms with van der Waals surface area (Å²) in [5.74, 6) is -0.103. The van der Waals surface area contributed by atoms with Gasteiger partial charge >= 0.3 is 0 Å². The summed E-state index contributed by atoms with van der Waals surface area (Å²) in [5, 5.41) is 15.0. The summed E-state index contributed by atoms with van der Waals surface area (Å²) in [5.41, 5.74) is 4.12. The van der Waals surface area contributed by atoms with E-state index in [2.05, 4.69) is 29.7 Å². The first-order valence-corrected chi connectivity index (χ1v) is 8.04. The highest BCUT2D eigenvalue weighted by Crippen LogP contribution is 2.17. The number of hydrogen-bond donors (Lipinski definition) is 3. The Hall–Kier alpha value is -2.33. The normalized spacial score (nSPS) is 10.3. The van der Waals surface area contributed by atoms with Crippen molar-refractivity contribution in [3.05, 3.63) is 65.2 Å². The van der Waals surface area contributed by atoms with Crippen LogP contribution in [0.5, 0.6) is 0 Å². The van der Waals surface area contributed by atoms with Gasteiger partial charge in [0.05, 0.1) is 0 Å². The molecule has 1 amide bonds. The van der Waals surface area contributed by atoms with Crippen LogP contribution in [0.2, 0.25) is 0 Å². The molecule has 0 spiro atoms. The fraction of sp³-hybridized carbons (Fsp3) is 0.316. The summed E-state index contributed by atoms with van der Waals surface area (Å²) in [6.45, 7) is 3.38. The van der Waals surface area contributed by atoms with E-state index in [0.717, 1.165) is 17.7 Å². The molecule has 0 unspecified atom stereocenters. The molecule has 0 aliphatic rings. The lowest BCUT2D eigenvalue weighted by Gasteiger charge is -2.11. The maximum atomic E-state index is 12.0. The third-order valence-corrected chi connectivity index (χ3v) is 3.69. The highest BCUT2D eigenvalue weighted by Gasteiger charge is 2.06. The summed E-state index contributed by atoms with van der Waals surface area (Å²) in [6, 6.07) is 15.9. The van der Waals surface area contributed by atoms with Crippen molar-refractivity contribution in [3.8, 4) is 0 Å². The molecule has 3 N–H and O–H groups in total. The molecule has 0 aliphatic heterocycles. The van der Waals surface area contributed by atoms with Gasteiger partial charge in [0.25, 0.3) is 5.91 Å². The second-order valence-electron chi connectivity index (χ2n) is 5.40. The smallest absolute Gasteiger partial charge is 0.251 e. The summed E-state index contributed by atoms with van der Waals surface area (Å²) >= 11 is 0. The Morgan fingerprint density at radius 1 is 1.13 bits per heavy atom. The quantitative estimate of drug-likeness (QED) is 0.657. The Morgan fingerprint density at radius 3 is 2.74 bits per heavy atom. The van der Waals surface area contributed by atoms with Crippen molar-refractivity contribution >= 4 is 11.6 Å². The van der Waals surface area contributed by atoms with E-state index in [4.69, 9.17) is 5.11 Å². The van der Waals surface area contributed by atoms with Crippen LogP contribution in [0.1, 0.15) is 34.8 Å².